The summed E-state index contributed by atoms with van der Waals surface area (Å²) in [5.41, 5.74) is -0.0315. The van der Waals surface area contributed by atoms with Crippen molar-refractivity contribution in [3.63, 3.8) is 0 Å². The van der Waals surface area contributed by atoms with Crippen LogP contribution in [0.5, 0.6) is 0 Å². The largest absolute Gasteiger partial charge is 0.416 e. The van der Waals surface area contributed by atoms with Gasteiger partial charge in [0.2, 0.25) is 0 Å². The molecule has 19 heavy (non-hydrogen) atoms. The molecule has 0 aliphatic heterocycles. The van der Waals surface area contributed by atoms with Crippen LogP contribution < -0.4 is 5.32 Å². The number of rotatable bonds is 5. The molecule has 0 radical (unpaired) electrons. The highest BCUT2D eigenvalue weighted by atomic mass is 19.4. The molecule has 0 fully saturated rings. The van der Waals surface area contributed by atoms with Gasteiger partial charge in [0.05, 0.1) is 5.56 Å². The van der Waals surface area contributed by atoms with Gasteiger partial charge in [-0.25, -0.2) is 4.39 Å². The fourth-order valence-corrected chi connectivity index (χ4v) is 1.87. The lowest BCUT2D eigenvalue weighted by Crippen LogP contribution is -2.22. The highest BCUT2D eigenvalue weighted by Gasteiger charge is 2.31. The molecule has 1 nitrogen and oxygen atoms in total. The molecular formula is C14H17F4N. The van der Waals surface area contributed by atoms with Gasteiger partial charge in [-0.15, -0.1) is 6.58 Å². The Bertz CT molecular complexity index is 451. The van der Waals surface area contributed by atoms with Crippen molar-refractivity contribution >= 4 is 0 Å². The first-order valence-corrected chi connectivity index (χ1v) is 6.00. The minimum absolute atomic E-state index is 0.0275. The Balaban J connectivity index is 3.17. The second-order valence-electron chi connectivity index (χ2n) is 4.51. The Labute approximate surface area is 110 Å². The smallest absolute Gasteiger partial charge is 0.310 e. The molecule has 0 aliphatic rings. The molecule has 1 unspecified atom stereocenters. The van der Waals surface area contributed by atoms with Gasteiger partial charge in [-0.1, -0.05) is 12.5 Å². The zero-order valence-electron chi connectivity index (χ0n) is 10.9. The van der Waals surface area contributed by atoms with E-state index in [0.717, 1.165) is 23.8 Å². The van der Waals surface area contributed by atoms with Gasteiger partial charge in [-0.05, 0) is 38.1 Å². The third-order valence-corrected chi connectivity index (χ3v) is 2.70. The average Bonchev–Trinajstić information content (AvgIpc) is 2.27. The molecule has 0 aromatic heterocycles. The lowest BCUT2D eigenvalue weighted by Gasteiger charge is -2.20. The van der Waals surface area contributed by atoms with E-state index in [1.165, 1.54) is 0 Å². The maximum absolute atomic E-state index is 13.7. The van der Waals surface area contributed by atoms with Crippen LogP contribution in [0.2, 0.25) is 0 Å². The Morgan fingerprint density at radius 1 is 1.37 bits per heavy atom. The molecule has 0 aliphatic carbocycles. The number of hydrogen-bond acceptors (Lipinski definition) is 1. The summed E-state index contributed by atoms with van der Waals surface area (Å²) >= 11 is 0. The van der Waals surface area contributed by atoms with Crippen molar-refractivity contribution in [2.75, 3.05) is 6.54 Å². The van der Waals surface area contributed by atoms with E-state index in [1.807, 2.05) is 6.92 Å². The molecule has 1 aromatic carbocycles. The molecule has 5 heteroatoms. The number of alkyl halides is 3. The van der Waals surface area contributed by atoms with Crippen molar-refractivity contribution in [2.24, 2.45) is 0 Å². The normalized spacial score (nSPS) is 13.4. The molecule has 0 saturated carbocycles. The molecule has 1 atom stereocenters. The van der Waals surface area contributed by atoms with Gasteiger partial charge in [-0.3, -0.25) is 0 Å². The van der Waals surface area contributed by atoms with Gasteiger partial charge in [0, 0.05) is 11.6 Å². The fraction of sp³-hybridized carbons (Fsp3) is 0.429. The minimum atomic E-state index is -4.47. The second kappa shape index (κ2) is 6.19. The molecule has 1 rings (SSSR count). The van der Waals surface area contributed by atoms with Crippen molar-refractivity contribution in [2.45, 2.75) is 32.5 Å². The standard InChI is InChI=1S/C14H17F4N/c1-4-19-13(7-9(2)3)11-8-10(14(16,17)18)5-6-12(11)15/h5-6,8,13,19H,2,4,7H2,1,3H3. The molecule has 0 spiro atoms. The average molecular weight is 275 g/mol. The maximum atomic E-state index is 13.7. The van der Waals surface area contributed by atoms with Crippen molar-refractivity contribution < 1.29 is 17.6 Å². The third kappa shape index (κ3) is 4.35. The lowest BCUT2D eigenvalue weighted by molar-refractivity contribution is -0.137. The Kier molecular flexibility index (Phi) is 5.11. The number of benzene rings is 1. The van der Waals surface area contributed by atoms with Crippen molar-refractivity contribution in [1.29, 1.82) is 0 Å². The van der Waals surface area contributed by atoms with Gasteiger partial charge >= 0.3 is 6.18 Å². The molecule has 0 heterocycles. The molecule has 0 amide bonds. The van der Waals surface area contributed by atoms with Crippen LogP contribution in [0, 0.1) is 5.82 Å². The van der Waals surface area contributed by atoms with Crippen LogP contribution in [0.3, 0.4) is 0 Å². The Morgan fingerprint density at radius 3 is 2.47 bits per heavy atom. The van der Waals surface area contributed by atoms with E-state index in [1.54, 1.807) is 6.92 Å². The van der Waals surface area contributed by atoms with E-state index in [2.05, 4.69) is 11.9 Å². The zero-order valence-corrected chi connectivity index (χ0v) is 10.9. The molecule has 1 N–H and O–H groups in total. The van der Waals surface area contributed by atoms with E-state index in [4.69, 9.17) is 0 Å². The van der Waals surface area contributed by atoms with Crippen molar-refractivity contribution in [1.82, 2.24) is 5.32 Å². The third-order valence-electron chi connectivity index (χ3n) is 2.70. The zero-order chi connectivity index (χ0) is 14.6. The van der Waals surface area contributed by atoms with E-state index in [-0.39, 0.29) is 5.56 Å². The molecule has 0 bridgehead atoms. The quantitative estimate of drug-likeness (QED) is 0.618. The van der Waals surface area contributed by atoms with Crippen LogP contribution in [0.25, 0.3) is 0 Å². The lowest BCUT2D eigenvalue weighted by atomic mass is 9.97. The SMILES string of the molecule is C=C(C)CC(NCC)c1cc(C(F)(F)F)ccc1F. The van der Waals surface area contributed by atoms with Crippen molar-refractivity contribution in [3.05, 3.63) is 47.3 Å². The van der Waals surface area contributed by atoms with Crippen LogP contribution >= 0.6 is 0 Å². The molecule has 1 aromatic rings. The van der Waals surface area contributed by atoms with Gasteiger partial charge < -0.3 is 5.32 Å². The summed E-state index contributed by atoms with van der Waals surface area (Å²) in [6, 6.07) is 1.99. The fourth-order valence-electron chi connectivity index (χ4n) is 1.87. The summed E-state index contributed by atoms with van der Waals surface area (Å²) in [7, 11) is 0. The molecule has 0 saturated heterocycles. The van der Waals surface area contributed by atoms with Crippen LogP contribution in [-0.4, -0.2) is 6.54 Å². The number of nitrogens with one attached hydrogen (secondary N) is 1. The number of halogens is 4. The summed E-state index contributed by atoms with van der Waals surface area (Å²) in [5.74, 6) is -0.639. The van der Waals surface area contributed by atoms with Crippen LogP contribution in [0.4, 0.5) is 17.6 Å². The summed E-state index contributed by atoms with van der Waals surface area (Å²) < 4.78 is 51.7. The topological polar surface area (TPSA) is 12.0 Å². The highest BCUT2D eigenvalue weighted by Crippen LogP contribution is 2.33. The van der Waals surface area contributed by atoms with E-state index in [9.17, 15) is 17.6 Å². The first-order chi connectivity index (χ1) is 8.75. The van der Waals surface area contributed by atoms with Gasteiger partial charge in [-0.2, -0.15) is 13.2 Å². The first-order valence-electron chi connectivity index (χ1n) is 6.00. The Hall–Kier alpha value is -1.36. The summed E-state index contributed by atoms with van der Waals surface area (Å²) in [6.07, 6.45) is -4.07. The molecule has 106 valence electrons. The summed E-state index contributed by atoms with van der Waals surface area (Å²) in [4.78, 5) is 0. The summed E-state index contributed by atoms with van der Waals surface area (Å²) in [6.45, 7) is 7.83. The first kappa shape index (κ1) is 15.7. The Morgan fingerprint density at radius 2 is 2.00 bits per heavy atom. The van der Waals surface area contributed by atoms with E-state index in [0.29, 0.717) is 13.0 Å². The van der Waals surface area contributed by atoms with Crippen LogP contribution in [0.1, 0.15) is 37.4 Å². The maximum Gasteiger partial charge on any atom is 0.416 e. The predicted molar refractivity (Wildman–Crippen MR) is 67.3 cm³/mol. The number of hydrogen-bond donors (Lipinski definition) is 1. The second-order valence-corrected chi connectivity index (χ2v) is 4.51. The van der Waals surface area contributed by atoms with Gasteiger partial charge in [0.1, 0.15) is 5.82 Å². The van der Waals surface area contributed by atoms with Crippen molar-refractivity contribution in [3.8, 4) is 0 Å². The van der Waals surface area contributed by atoms with E-state index < -0.39 is 23.6 Å². The highest BCUT2D eigenvalue weighted by molar-refractivity contribution is 5.30. The monoisotopic (exact) mass is 275 g/mol. The van der Waals surface area contributed by atoms with E-state index >= 15 is 0 Å². The predicted octanol–water partition coefficient (Wildman–Crippen LogP) is 4.46. The van der Waals surface area contributed by atoms with Gasteiger partial charge in [0.25, 0.3) is 0 Å². The van der Waals surface area contributed by atoms with Gasteiger partial charge in [0.15, 0.2) is 0 Å². The van der Waals surface area contributed by atoms with Crippen LogP contribution in [0.15, 0.2) is 30.4 Å². The molecular weight excluding hydrogens is 258 g/mol. The van der Waals surface area contributed by atoms with Crippen LogP contribution in [-0.2, 0) is 6.18 Å². The summed E-state index contributed by atoms with van der Waals surface area (Å²) in [5, 5.41) is 2.98. The minimum Gasteiger partial charge on any atom is -0.310 e.